The molecule has 0 aliphatic carbocycles. The van der Waals surface area contributed by atoms with Crippen LogP contribution in [0.4, 0.5) is 5.69 Å². The maximum absolute atomic E-state index is 12.1. The third kappa shape index (κ3) is 3.03. The summed E-state index contributed by atoms with van der Waals surface area (Å²) in [5.41, 5.74) is 7.93. The van der Waals surface area contributed by atoms with Crippen molar-refractivity contribution in [2.45, 2.75) is 6.54 Å². The molecule has 3 heteroatoms. The first-order valence-corrected chi connectivity index (χ1v) is 6.84. The molecule has 0 saturated heterocycles. The van der Waals surface area contributed by atoms with Crippen LogP contribution in [0.5, 0.6) is 0 Å². The normalized spacial score (nSPS) is 10.5. The van der Waals surface area contributed by atoms with Crippen LogP contribution in [-0.2, 0) is 6.54 Å². The summed E-state index contributed by atoms with van der Waals surface area (Å²) >= 11 is 0. The van der Waals surface area contributed by atoms with Gasteiger partial charge in [-0.05, 0) is 40.6 Å². The number of carbonyl (C=O) groups is 1. The number of nitrogens with two attached hydrogens (primary N) is 1. The van der Waals surface area contributed by atoms with Crippen LogP contribution in [0.3, 0.4) is 0 Å². The van der Waals surface area contributed by atoms with Crippen molar-refractivity contribution in [3.63, 3.8) is 0 Å². The fourth-order valence-electron chi connectivity index (χ4n) is 2.31. The van der Waals surface area contributed by atoms with Crippen molar-refractivity contribution >= 4 is 22.4 Å². The van der Waals surface area contributed by atoms with Crippen LogP contribution in [-0.4, -0.2) is 5.91 Å². The molecule has 3 rings (SSSR count). The summed E-state index contributed by atoms with van der Waals surface area (Å²) < 4.78 is 0. The molecule has 3 aromatic rings. The smallest absolute Gasteiger partial charge is 0.251 e. The van der Waals surface area contributed by atoms with Gasteiger partial charge < -0.3 is 11.1 Å². The van der Waals surface area contributed by atoms with E-state index in [1.807, 2.05) is 18.2 Å². The number of benzene rings is 3. The van der Waals surface area contributed by atoms with Crippen LogP contribution in [0.1, 0.15) is 15.9 Å². The molecule has 0 aromatic heterocycles. The Hall–Kier alpha value is -2.81. The molecule has 0 fully saturated rings. The fraction of sp³-hybridized carbons (Fsp3) is 0.0556. The highest BCUT2D eigenvalue weighted by molar-refractivity contribution is 5.95. The van der Waals surface area contributed by atoms with E-state index in [0.29, 0.717) is 17.8 Å². The number of anilines is 1. The maximum Gasteiger partial charge on any atom is 0.251 e. The second kappa shape index (κ2) is 5.67. The van der Waals surface area contributed by atoms with Gasteiger partial charge in [-0.2, -0.15) is 0 Å². The Morgan fingerprint density at radius 2 is 1.71 bits per heavy atom. The van der Waals surface area contributed by atoms with Crippen molar-refractivity contribution in [1.82, 2.24) is 5.32 Å². The van der Waals surface area contributed by atoms with Gasteiger partial charge in [0.25, 0.3) is 5.91 Å². The molecule has 0 heterocycles. The lowest BCUT2D eigenvalue weighted by atomic mass is 10.1. The average molecular weight is 276 g/mol. The molecule has 0 radical (unpaired) electrons. The molecular weight excluding hydrogens is 260 g/mol. The maximum atomic E-state index is 12.1. The zero-order valence-corrected chi connectivity index (χ0v) is 11.5. The predicted molar refractivity (Wildman–Crippen MR) is 86.0 cm³/mol. The van der Waals surface area contributed by atoms with E-state index in [1.165, 1.54) is 10.8 Å². The van der Waals surface area contributed by atoms with E-state index in [-0.39, 0.29) is 5.91 Å². The van der Waals surface area contributed by atoms with E-state index in [1.54, 1.807) is 24.3 Å². The number of hydrogen-bond donors (Lipinski definition) is 2. The highest BCUT2D eigenvalue weighted by Gasteiger charge is 2.05. The molecule has 3 aromatic carbocycles. The van der Waals surface area contributed by atoms with Gasteiger partial charge in [0.1, 0.15) is 0 Å². The lowest BCUT2D eigenvalue weighted by Crippen LogP contribution is -2.22. The number of amides is 1. The van der Waals surface area contributed by atoms with Gasteiger partial charge in [-0.25, -0.2) is 0 Å². The first-order chi connectivity index (χ1) is 10.2. The SMILES string of the molecule is Nc1cccc(C(=O)NCc2ccc3ccccc3c2)c1. The molecule has 0 atom stereocenters. The Morgan fingerprint density at radius 3 is 2.52 bits per heavy atom. The van der Waals surface area contributed by atoms with Crippen LogP contribution in [0.2, 0.25) is 0 Å². The van der Waals surface area contributed by atoms with Crippen LogP contribution in [0.25, 0.3) is 10.8 Å². The standard InChI is InChI=1S/C18H16N2O/c19-17-7-3-6-16(11-17)18(21)20-12-13-8-9-14-4-1-2-5-15(14)10-13/h1-11H,12,19H2,(H,20,21). The van der Waals surface area contributed by atoms with Crippen LogP contribution >= 0.6 is 0 Å². The average Bonchev–Trinajstić information content (AvgIpc) is 2.52. The minimum Gasteiger partial charge on any atom is -0.399 e. The third-order valence-electron chi connectivity index (χ3n) is 3.42. The molecule has 0 bridgehead atoms. The summed E-state index contributed by atoms with van der Waals surface area (Å²) in [5, 5.41) is 5.28. The van der Waals surface area contributed by atoms with Gasteiger partial charge in [0.2, 0.25) is 0 Å². The number of hydrogen-bond acceptors (Lipinski definition) is 2. The van der Waals surface area contributed by atoms with Crippen molar-refractivity contribution in [2.75, 3.05) is 5.73 Å². The van der Waals surface area contributed by atoms with E-state index in [4.69, 9.17) is 5.73 Å². The second-order valence-electron chi connectivity index (χ2n) is 4.99. The minimum atomic E-state index is -0.115. The monoisotopic (exact) mass is 276 g/mol. The number of carbonyl (C=O) groups excluding carboxylic acids is 1. The molecule has 1 amide bonds. The van der Waals surface area contributed by atoms with Gasteiger partial charge in [0, 0.05) is 17.8 Å². The van der Waals surface area contributed by atoms with Crippen molar-refractivity contribution in [2.24, 2.45) is 0 Å². The first kappa shape index (κ1) is 13.2. The Labute approximate surface area is 123 Å². The third-order valence-corrected chi connectivity index (χ3v) is 3.42. The van der Waals surface area contributed by atoms with Crippen LogP contribution in [0, 0.1) is 0 Å². The topological polar surface area (TPSA) is 55.1 Å². The molecule has 0 aliphatic heterocycles. The summed E-state index contributed by atoms with van der Waals surface area (Å²) in [6.07, 6.45) is 0. The van der Waals surface area contributed by atoms with E-state index in [0.717, 1.165) is 5.56 Å². The summed E-state index contributed by atoms with van der Waals surface area (Å²) in [4.78, 5) is 12.1. The number of nitrogens with one attached hydrogen (secondary N) is 1. The first-order valence-electron chi connectivity index (χ1n) is 6.84. The molecule has 3 N–H and O–H groups in total. The Bertz CT molecular complexity index is 796. The van der Waals surface area contributed by atoms with Crippen LogP contribution < -0.4 is 11.1 Å². The molecule has 0 spiro atoms. The zero-order valence-electron chi connectivity index (χ0n) is 11.5. The highest BCUT2D eigenvalue weighted by Crippen LogP contribution is 2.15. The molecule has 0 aliphatic rings. The minimum absolute atomic E-state index is 0.115. The Kier molecular flexibility index (Phi) is 3.56. The van der Waals surface area contributed by atoms with E-state index in [2.05, 4.69) is 29.6 Å². The number of fused-ring (bicyclic) bond motifs is 1. The zero-order chi connectivity index (χ0) is 14.7. The lowest BCUT2D eigenvalue weighted by Gasteiger charge is -2.07. The van der Waals surface area contributed by atoms with Crippen molar-refractivity contribution in [3.05, 3.63) is 77.9 Å². The molecule has 0 saturated carbocycles. The molecule has 0 unspecified atom stereocenters. The second-order valence-corrected chi connectivity index (χ2v) is 4.99. The molecule has 3 nitrogen and oxygen atoms in total. The van der Waals surface area contributed by atoms with Crippen molar-refractivity contribution in [1.29, 1.82) is 0 Å². The Morgan fingerprint density at radius 1 is 0.905 bits per heavy atom. The van der Waals surface area contributed by atoms with Gasteiger partial charge >= 0.3 is 0 Å². The summed E-state index contributed by atoms with van der Waals surface area (Å²) in [6, 6.07) is 21.3. The van der Waals surface area contributed by atoms with Gasteiger partial charge in [0.15, 0.2) is 0 Å². The van der Waals surface area contributed by atoms with Gasteiger partial charge in [-0.3, -0.25) is 4.79 Å². The molecule has 104 valence electrons. The fourth-order valence-corrected chi connectivity index (χ4v) is 2.31. The van der Waals surface area contributed by atoms with Crippen molar-refractivity contribution in [3.8, 4) is 0 Å². The van der Waals surface area contributed by atoms with E-state index >= 15 is 0 Å². The summed E-state index contributed by atoms with van der Waals surface area (Å²) in [6.45, 7) is 0.498. The highest BCUT2D eigenvalue weighted by atomic mass is 16.1. The van der Waals surface area contributed by atoms with Crippen LogP contribution in [0.15, 0.2) is 66.7 Å². The summed E-state index contributed by atoms with van der Waals surface area (Å²) in [5.74, 6) is -0.115. The van der Waals surface area contributed by atoms with Gasteiger partial charge in [-0.15, -0.1) is 0 Å². The number of nitrogen functional groups attached to an aromatic ring is 1. The predicted octanol–water partition coefficient (Wildman–Crippen LogP) is 3.35. The number of rotatable bonds is 3. The Balaban J connectivity index is 1.72. The van der Waals surface area contributed by atoms with E-state index in [9.17, 15) is 4.79 Å². The molecule has 21 heavy (non-hydrogen) atoms. The van der Waals surface area contributed by atoms with Gasteiger partial charge in [-0.1, -0.05) is 42.5 Å². The molecular formula is C18H16N2O. The van der Waals surface area contributed by atoms with Crippen molar-refractivity contribution < 1.29 is 4.79 Å². The quantitative estimate of drug-likeness (QED) is 0.721. The largest absolute Gasteiger partial charge is 0.399 e. The summed E-state index contributed by atoms with van der Waals surface area (Å²) in [7, 11) is 0. The lowest BCUT2D eigenvalue weighted by molar-refractivity contribution is 0.0951. The van der Waals surface area contributed by atoms with E-state index < -0.39 is 0 Å². The van der Waals surface area contributed by atoms with Gasteiger partial charge in [0.05, 0.1) is 0 Å².